The summed E-state index contributed by atoms with van der Waals surface area (Å²) in [5.74, 6) is 0.819. The number of aromatic nitrogens is 1. The molecule has 0 bridgehead atoms. The Morgan fingerprint density at radius 1 is 1.17 bits per heavy atom. The van der Waals surface area contributed by atoms with Crippen LogP contribution >= 0.6 is 0 Å². The van der Waals surface area contributed by atoms with E-state index in [2.05, 4.69) is 27.9 Å². The van der Waals surface area contributed by atoms with Crippen molar-refractivity contribution in [1.82, 2.24) is 9.88 Å². The van der Waals surface area contributed by atoms with E-state index in [4.69, 9.17) is 4.74 Å². The van der Waals surface area contributed by atoms with Crippen molar-refractivity contribution >= 4 is 11.5 Å². The molecular weight excluding hydrogens is 302 g/mol. The minimum atomic E-state index is -0.242. The first-order valence-electron chi connectivity index (χ1n) is 8.38. The highest BCUT2D eigenvalue weighted by molar-refractivity contribution is 6.00. The highest BCUT2D eigenvalue weighted by Gasteiger charge is 2.28. The standard InChI is InChI=1S/C19H21N3O2/c1-21-7-9-22(10-8-21)15-4-5-18-16(11-15)17(23)12-19(24-18)14-3-2-6-20-13-14/h2-6,11,13,19H,7-10,12H2,1H3. The Labute approximate surface area is 141 Å². The Morgan fingerprint density at radius 3 is 2.75 bits per heavy atom. The number of piperazine rings is 1. The molecule has 0 radical (unpaired) electrons. The van der Waals surface area contributed by atoms with E-state index in [0.29, 0.717) is 17.7 Å². The summed E-state index contributed by atoms with van der Waals surface area (Å²) < 4.78 is 6.06. The Morgan fingerprint density at radius 2 is 2.00 bits per heavy atom. The van der Waals surface area contributed by atoms with Gasteiger partial charge in [0.25, 0.3) is 0 Å². The zero-order valence-electron chi connectivity index (χ0n) is 13.8. The number of Topliss-reactive ketones (excluding diaryl/α,β-unsaturated/α-hetero) is 1. The summed E-state index contributed by atoms with van der Waals surface area (Å²) in [5.41, 5.74) is 2.75. The Hall–Kier alpha value is -2.40. The van der Waals surface area contributed by atoms with Crippen molar-refractivity contribution in [1.29, 1.82) is 0 Å². The SMILES string of the molecule is CN1CCN(c2ccc3c(c2)C(=O)CC(c2cccnc2)O3)CC1. The third kappa shape index (κ3) is 2.87. The normalized spacial score (nSPS) is 21.3. The number of fused-ring (bicyclic) bond motifs is 1. The molecule has 4 rings (SSSR count). The van der Waals surface area contributed by atoms with Crippen LogP contribution in [0.15, 0.2) is 42.7 Å². The molecule has 0 spiro atoms. The second kappa shape index (κ2) is 6.24. The number of ether oxygens (including phenoxy) is 1. The van der Waals surface area contributed by atoms with Gasteiger partial charge in [0.1, 0.15) is 11.9 Å². The number of benzene rings is 1. The molecule has 24 heavy (non-hydrogen) atoms. The molecule has 0 N–H and O–H groups in total. The summed E-state index contributed by atoms with van der Waals surface area (Å²) in [6.07, 6.45) is 3.62. The van der Waals surface area contributed by atoms with Gasteiger partial charge in [0.15, 0.2) is 5.78 Å². The highest BCUT2D eigenvalue weighted by Crippen LogP contribution is 2.36. The summed E-state index contributed by atoms with van der Waals surface area (Å²) in [7, 11) is 2.14. The van der Waals surface area contributed by atoms with E-state index in [1.807, 2.05) is 24.3 Å². The number of pyridine rings is 1. The van der Waals surface area contributed by atoms with Gasteiger partial charge in [-0.05, 0) is 31.3 Å². The number of likely N-dealkylation sites (N-methyl/N-ethyl adjacent to an activating group) is 1. The number of nitrogens with zero attached hydrogens (tertiary/aromatic N) is 3. The molecule has 0 saturated carbocycles. The van der Waals surface area contributed by atoms with Gasteiger partial charge >= 0.3 is 0 Å². The minimum Gasteiger partial charge on any atom is -0.484 e. The lowest BCUT2D eigenvalue weighted by Crippen LogP contribution is -2.44. The zero-order valence-corrected chi connectivity index (χ0v) is 13.8. The van der Waals surface area contributed by atoms with E-state index < -0.39 is 0 Å². The van der Waals surface area contributed by atoms with E-state index in [1.165, 1.54) is 0 Å². The first-order valence-corrected chi connectivity index (χ1v) is 8.38. The summed E-state index contributed by atoms with van der Waals surface area (Å²) in [5, 5.41) is 0. The van der Waals surface area contributed by atoms with Crippen molar-refractivity contribution in [3.8, 4) is 5.75 Å². The van der Waals surface area contributed by atoms with Crippen LogP contribution in [0.3, 0.4) is 0 Å². The molecule has 1 saturated heterocycles. The van der Waals surface area contributed by atoms with Crippen molar-refractivity contribution in [2.45, 2.75) is 12.5 Å². The molecule has 1 aromatic heterocycles. The van der Waals surface area contributed by atoms with Crippen LogP contribution < -0.4 is 9.64 Å². The van der Waals surface area contributed by atoms with Crippen LogP contribution in [-0.4, -0.2) is 48.9 Å². The van der Waals surface area contributed by atoms with Crippen molar-refractivity contribution < 1.29 is 9.53 Å². The summed E-state index contributed by atoms with van der Waals surface area (Å²) >= 11 is 0. The van der Waals surface area contributed by atoms with Gasteiger partial charge in [-0.2, -0.15) is 0 Å². The molecule has 3 heterocycles. The topological polar surface area (TPSA) is 45.7 Å². The van der Waals surface area contributed by atoms with Crippen LogP contribution in [0, 0.1) is 0 Å². The first kappa shape index (κ1) is 15.1. The fourth-order valence-corrected chi connectivity index (χ4v) is 3.33. The van der Waals surface area contributed by atoms with Crippen LogP contribution in [0.1, 0.15) is 28.4 Å². The number of hydrogen-bond donors (Lipinski definition) is 0. The molecule has 1 unspecified atom stereocenters. The van der Waals surface area contributed by atoms with Crippen molar-refractivity contribution in [2.75, 3.05) is 38.1 Å². The lowest BCUT2D eigenvalue weighted by molar-refractivity contribution is 0.0850. The molecule has 0 aliphatic carbocycles. The van der Waals surface area contributed by atoms with E-state index in [0.717, 1.165) is 37.4 Å². The van der Waals surface area contributed by atoms with Crippen molar-refractivity contribution in [3.63, 3.8) is 0 Å². The molecule has 124 valence electrons. The van der Waals surface area contributed by atoms with Gasteiger partial charge in [-0.3, -0.25) is 9.78 Å². The zero-order chi connectivity index (χ0) is 16.5. The van der Waals surface area contributed by atoms with Gasteiger partial charge in [0.2, 0.25) is 0 Å². The van der Waals surface area contributed by atoms with Crippen molar-refractivity contribution in [2.24, 2.45) is 0 Å². The molecule has 2 aliphatic rings. The number of carbonyl (C=O) groups excluding carboxylic acids is 1. The van der Waals surface area contributed by atoms with E-state index in [-0.39, 0.29) is 11.9 Å². The lowest BCUT2D eigenvalue weighted by atomic mass is 9.96. The van der Waals surface area contributed by atoms with Gasteiger partial charge in [-0.25, -0.2) is 0 Å². The average Bonchev–Trinajstić information content (AvgIpc) is 2.63. The van der Waals surface area contributed by atoms with Crippen LogP contribution in [0.4, 0.5) is 5.69 Å². The quantitative estimate of drug-likeness (QED) is 0.850. The molecule has 1 aromatic carbocycles. The van der Waals surface area contributed by atoms with Crippen LogP contribution in [0.25, 0.3) is 0 Å². The van der Waals surface area contributed by atoms with Crippen LogP contribution in [0.5, 0.6) is 5.75 Å². The van der Waals surface area contributed by atoms with Gasteiger partial charge in [0.05, 0.1) is 12.0 Å². The fraction of sp³-hybridized carbons (Fsp3) is 0.368. The largest absolute Gasteiger partial charge is 0.484 e. The van der Waals surface area contributed by atoms with Gasteiger partial charge in [-0.1, -0.05) is 6.07 Å². The van der Waals surface area contributed by atoms with E-state index in [9.17, 15) is 4.79 Å². The van der Waals surface area contributed by atoms with Crippen molar-refractivity contribution in [3.05, 3.63) is 53.9 Å². The average molecular weight is 323 g/mol. The van der Waals surface area contributed by atoms with E-state index in [1.54, 1.807) is 12.4 Å². The maximum Gasteiger partial charge on any atom is 0.170 e. The number of carbonyl (C=O) groups is 1. The molecule has 0 amide bonds. The van der Waals surface area contributed by atoms with Gasteiger partial charge < -0.3 is 14.5 Å². The third-order valence-corrected chi connectivity index (χ3v) is 4.83. The number of rotatable bonds is 2. The summed E-state index contributed by atoms with van der Waals surface area (Å²) in [4.78, 5) is 21.4. The molecule has 1 atom stereocenters. The third-order valence-electron chi connectivity index (χ3n) is 4.83. The maximum absolute atomic E-state index is 12.6. The smallest absolute Gasteiger partial charge is 0.170 e. The summed E-state index contributed by atoms with van der Waals surface area (Å²) in [6.45, 7) is 4.07. The molecule has 2 aromatic rings. The first-order chi connectivity index (χ1) is 11.7. The van der Waals surface area contributed by atoms with Crippen LogP contribution in [-0.2, 0) is 0 Å². The molecule has 5 nitrogen and oxygen atoms in total. The predicted octanol–water partition coefficient (Wildman–Crippen LogP) is 2.54. The summed E-state index contributed by atoms with van der Waals surface area (Å²) in [6, 6.07) is 9.80. The van der Waals surface area contributed by atoms with E-state index >= 15 is 0 Å². The molecular formula is C19H21N3O2. The maximum atomic E-state index is 12.6. The molecule has 2 aliphatic heterocycles. The highest BCUT2D eigenvalue weighted by atomic mass is 16.5. The predicted molar refractivity (Wildman–Crippen MR) is 92.7 cm³/mol. The molecule has 1 fully saturated rings. The molecule has 5 heteroatoms. The number of ketones is 1. The Bertz CT molecular complexity index is 740. The van der Waals surface area contributed by atoms with Gasteiger partial charge in [0, 0.05) is 49.8 Å². The number of hydrogen-bond acceptors (Lipinski definition) is 5. The van der Waals surface area contributed by atoms with Gasteiger partial charge in [-0.15, -0.1) is 0 Å². The second-order valence-electron chi connectivity index (χ2n) is 6.49. The monoisotopic (exact) mass is 323 g/mol. The number of anilines is 1. The Kier molecular flexibility index (Phi) is 3.94. The Balaban J connectivity index is 1.58. The second-order valence-corrected chi connectivity index (χ2v) is 6.49. The van der Waals surface area contributed by atoms with Crippen LogP contribution in [0.2, 0.25) is 0 Å². The minimum absolute atomic E-state index is 0.140. The lowest BCUT2D eigenvalue weighted by Gasteiger charge is -2.35. The fourth-order valence-electron chi connectivity index (χ4n) is 3.33.